The van der Waals surface area contributed by atoms with Gasteiger partial charge in [0, 0.05) is 5.69 Å². The molecule has 134 valence electrons. The second kappa shape index (κ2) is 7.69. The zero-order chi connectivity index (χ0) is 19.3. The van der Waals surface area contributed by atoms with E-state index in [-0.39, 0.29) is 27.7 Å². The summed E-state index contributed by atoms with van der Waals surface area (Å²) in [6.07, 6.45) is 1.28. The van der Waals surface area contributed by atoms with Crippen molar-refractivity contribution in [2.24, 2.45) is 0 Å². The third-order valence-electron chi connectivity index (χ3n) is 3.27. The van der Waals surface area contributed by atoms with E-state index in [1.165, 1.54) is 43.5 Å². The topological polar surface area (TPSA) is 137 Å². The van der Waals surface area contributed by atoms with Gasteiger partial charge in [-0.3, -0.25) is 9.35 Å². The number of nitrogens with zero attached hydrogens (tertiary/aromatic N) is 1. The molecule has 0 saturated heterocycles. The number of nitrogens with one attached hydrogen (secondary N) is 1. The first-order valence-corrected chi connectivity index (χ1v) is 8.56. The lowest BCUT2D eigenvalue weighted by Gasteiger charge is -2.07. The summed E-state index contributed by atoms with van der Waals surface area (Å²) in [5.74, 6) is -0.682. The highest BCUT2D eigenvalue weighted by molar-refractivity contribution is 7.85. The Balaban J connectivity index is 2.28. The fourth-order valence-electron chi connectivity index (χ4n) is 2.03. The fourth-order valence-corrected chi connectivity index (χ4v) is 2.56. The predicted octanol–water partition coefficient (Wildman–Crippen LogP) is 2.19. The van der Waals surface area contributed by atoms with Crippen LogP contribution in [0.1, 0.15) is 5.56 Å². The van der Waals surface area contributed by atoms with Crippen LogP contribution in [0.2, 0.25) is 0 Å². The summed E-state index contributed by atoms with van der Waals surface area (Å²) in [5.41, 5.74) is 0.280. The molecule has 0 aliphatic carbocycles. The average Bonchev–Trinajstić information content (AvgIpc) is 2.60. The van der Waals surface area contributed by atoms with Gasteiger partial charge < -0.3 is 15.2 Å². The molecule has 2 rings (SSSR count). The minimum atomic E-state index is -4.42. The molecular weight excluding hydrogens is 360 g/mol. The molecule has 0 heterocycles. The maximum Gasteiger partial charge on any atom is 0.294 e. The molecule has 0 aromatic heterocycles. The molecule has 9 heteroatoms. The molecule has 0 bridgehead atoms. The number of aromatic hydroxyl groups is 1. The molecule has 0 unspecified atom stereocenters. The van der Waals surface area contributed by atoms with Gasteiger partial charge in [0.05, 0.1) is 12.0 Å². The highest BCUT2D eigenvalue weighted by Crippen LogP contribution is 2.27. The first kappa shape index (κ1) is 19.0. The Morgan fingerprint density at radius 1 is 1.27 bits per heavy atom. The number of rotatable bonds is 5. The zero-order valence-corrected chi connectivity index (χ0v) is 14.3. The average molecular weight is 374 g/mol. The quantitative estimate of drug-likeness (QED) is 0.414. The molecule has 0 saturated carbocycles. The van der Waals surface area contributed by atoms with Crippen LogP contribution < -0.4 is 10.1 Å². The van der Waals surface area contributed by atoms with Crippen LogP contribution in [0.4, 0.5) is 5.69 Å². The van der Waals surface area contributed by atoms with E-state index in [4.69, 9.17) is 9.29 Å². The van der Waals surface area contributed by atoms with Crippen LogP contribution in [0.3, 0.4) is 0 Å². The van der Waals surface area contributed by atoms with E-state index < -0.39 is 16.0 Å². The Bertz CT molecular complexity index is 1020. The summed E-state index contributed by atoms with van der Waals surface area (Å²) in [6, 6.07) is 11.0. The molecule has 0 aliphatic rings. The van der Waals surface area contributed by atoms with Crippen LogP contribution in [0, 0.1) is 11.3 Å². The molecule has 2 aromatic carbocycles. The van der Waals surface area contributed by atoms with Crippen molar-refractivity contribution in [3.05, 3.63) is 53.6 Å². The number of amides is 1. The number of phenolic OH excluding ortho intramolecular Hbond substituents is 1. The Morgan fingerprint density at radius 3 is 2.62 bits per heavy atom. The van der Waals surface area contributed by atoms with Crippen molar-refractivity contribution in [3.63, 3.8) is 0 Å². The van der Waals surface area contributed by atoms with Crippen molar-refractivity contribution >= 4 is 27.8 Å². The van der Waals surface area contributed by atoms with E-state index >= 15 is 0 Å². The third-order valence-corrected chi connectivity index (χ3v) is 4.12. The smallest absolute Gasteiger partial charge is 0.294 e. The predicted molar refractivity (Wildman–Crippen MR) is 93.1 cm³/mol. The molecule has 0 spiro atoms. The van der Waals surface area contributed by atoms with E-state index in [2.05, 4.69) is 5.32 Å². The summed E-state index contributed by atoms with van der Waals surface area (Å²) in [7, 11) is -3.05. The van der Waals surface area contributed by atoms with Crippen molar-refractivity contribution in [3.8, 4) is 17.6 Å². The first-order chi connectivity index (χ1) is 12.2. The van der Waals surface area contributed by atoms with Gasteiger partial charge in [-0.15, -0.1) is 0 Å². The Hall–Kier alpha value is -3.35. The van der Waals surface area contributed by atoms with Gasteiger partial charge in [0.2, 0.25) is 0 Å². The van der Waals surface area contributed by atoms with Crippen molar-refractivity contribution in [1.82, 2.24) is 0 Å². The molecule has 0 fully saturated rings. The molecule has 0 aliphatic heterocycles. The maximum absolute atomic E-state index is 12.2. The fraction of sp³-hybridized carbons (Fsp3) is 0.0588. The van der Waals surface area contributed by atoms with Gasteiger partial charge in [-0.05, 0) is 42.0 Å². The largest absolute Gasteiger partial charge is 0.504 e. The monoisotopic (exact) mass is 374 g/mol. The molecule has 3 N–H and O–H groups in total. The second-order valence-corrected chi connectivity index (χ2v) is 6.48. The van der Waals surface area contributed by atoms with Gasteiger partial charge in [-0.1, -0.05) is 12.1 Å². The van der Waals surface area contributed by atoms with Crippen molar-refractivity contribution in [2.45, 2.75) is 4.90 Å². The third kappa shape index (κ3) is 4.60. The molecular formula is C17H14N2O6S. The normalized spacial score (nSPS) is 11.5. The van der Waals surface area contributed by atoms with Crippen LogP contribution >= 0.6 is 0 Å². The second-order valence-electron chi connectivity index (χ2n) is 5.06. The van der Waals surface area contributed by atoms with Gasteiger partial charge in [-0.25, -0.2) is 0 Å². The summed E-state index contributed by atoms with van der Waals surface area (Å²) < 4.78 is 36.3. The Morgan fingerprint density at radius 2 is 2.00 bits per heavy atom. The number of hydrogen-bond donors (Lipinski definition) is 3. The minimum Gasteiger partial charge on any atom is -0.504 e. The van der Waals surface area contributed by atoms with E-state index in [9.17, 15) is 23.6 Å². The lowest BCUT2D eigenvalue weighted by atomic mass is 10.1. The highest BCUT2D eigenvalue weighted by atomic mass is 32.2. The van der Waals surface area contributed by atoms with Crippen LogP contribution in [0.15, 0.2) is 52.9 Å². The van der Waals surface area contributed by atoms with E-state index in [1.807, 2.05) is 0 Å². The number of benzene rings is 2. The lowest BCUT2D eigenvalue weighted by Crippen LogP contribution is -2.13. The Kier molecular flexibility index (Phi) is 5.61. The molecule has 1 amide bonds. The van der Waals surface area contributed by atoms with Crippen LogP contribution in [-0.2, 0) is 14.9 Å². The van der Waals surface area contributed by atoms with Crippen molar-refractivity contribution in [1.29, 1.82) is 5.26 Å². The number of nitriles is 1. The van der Waals surface area contributed by atoms with Crippen LogP contribution in [0.5, 0.6) is 11.5 Å². The summed E-state index contributed by atoms with van der Waals surface area (Å²) in [5, 5.41) is 21.1. The Labute approximate surface area is 149 Å². The molecule has 2 aromatic rings. The summed E-state index contributed by atoms with van der Waals surface area (Å²) in [6.45, 7) is 0. The highest BCUT2D eigenvalue weighted by Gasteiger charge is 2.13. The first-order valence-electron chi connectivity index (χ1n) is 7.12. The molecule has 0 atom stereocenters. The zero-order valence-electron chi connectivity index (χ0n) is 13.5. The molecule has 26 heavy (non-hydrogen) atoms. The van der Waals surface area contributed by atoms with Crippen LogP contribution in [-0.4, -0.2) is 31.1 Å². The number of ether oxygens (including phenoxy) is 1. The summed E-state index contributed by atoms with van der Waals surface area (Å²) >= 11 is 0. The van der Waals surface area contributed by atoms with Crippen molar-refractivity contribution in [2.75, 3.05) is 12.4 Å². The number of anilines is 1. The molecule has 0 radical (unpaired) electrons. The minimum absolute atomic E-state index is 0.0883. The van der Waals surface area contributed by atoms with Gasteiger partial charge in [-0.2, -0.15) is 13.7 Å². The van der Waals surface area contributed by atoms with E-state index in [1.54, 1.807) is 6.07 Å². The number of methoxy groups -OCH3 is 1. The number of carbonyl (C=O) groups excluding carboxylic acids is 1. The van der Waals surface area contributed by atoms with Gasteiger partial charge >= 0.3 is 0 Å². The number of hydrogen-bond acceptors (Lipinski definition) is 6. The van der Waals surface area contributed by atoms with Gasteiger partial charge in [0.15, 0.2) is 11.5 Å². The van der Waals surface area contributed by atoms with Crippen LogP contribution in [0.25, 0.3) is 6.08 Å². The van der Waals surface area contributed by atoms with E-state index in [0.717, 1.165) is 12.1 Å². The van der Waals surface area contributed by atoms with Gasteiger partial charge in [0.25, 0.3) is 16.0 Å². The number of carbonyl (C=O) groups is 1. The maximum atomic E-state index is 12.2. The van der Waals surface area contributed by atoms with Gasteiger partial charge in [0.1, 0.15) is 11.6 Å². The lowest BCUT2D eigenvalue weighted by molar-refractivity contribution is -0.112. The van der Waals surface area contributed by atoms with Crippen molar-refractivity contribution < 1.29 is 27.6 Å². The SMILES string of the molecule is COc1cc(/C=C(\C#N)C(=O)Nc2cccc(S(=O)(=O)O)c2)ccc1O. The number of phenols is 1. The molecule has 8 nitrogen and oxygen atoms in total. The standard InChI is InChI=1S/C17H14N2O6S/c1-25-16-8-11(5-6-15(16)20)7-12(10-18)17(21)19-13-3-2-4-14(9-13)26(22,23)24/h2-9,20H,1H3,(H,19,21)(H,22,23,24)/b12-7+. The van der Waals surface area contributed by atoms with E-state index in [0.29, 0.717) is 5.56 Å². The summed E-state index contributed by atoms with van der Waals surface area (Å²) in [4.78, 5) is 11.8.